The van der Waals surface area contributed by atoms with Crippen LogP contribution in [0.1, 0.15) is 0 Å². The average Bonchev–Trinajstić information content (AvgIpc) is 3.54. The number of thiophene rings is 1. The lowest BCUT2D eigenvalue weighted by atomic mass is 9.95. The van der Waals surface area contributed by atoms with Gasteiger partial charge in [0.25, 0.3) is 0 Å². The first-order valence-corrected chi connectivity index (χ1v) is 13.0. The second-order valence-electron chi connectivity index (χ2n) is 8.98. The summed E-state index contributed by atoms with van der Waals surface area (Å²) in [6.07, 6.45) is 0. The van der Waals surface area contributed by atoms with Crippen LogP contribution < -0.4 is 0 Å². The van der Waals surface area contributed by atoms with E-state index in [4.69, 9.17) is 4.98 Å². The maximum absolute atomic E-state index is 14.4. The molecule has 37 heavy (non-hydrogen) atoms. The van der Waals surface area contributed by atoms with Gasteiger partial charge in [0.05, 0.1) is 16.7 Å². The van der Waals surface area contributed by atoms with Crippen molar-refractivity contribution in [2.24, 2.45) is 0 Å². The normalized spacial score (nSPS) is 11.4. The third kappa shape index (κ3) is 3.65. The van der Waals surface area contributed by atoms with Gasteiger partial charge in [-0.05, 0) is 41.5 Å². The third-order valence-electron chi connectivity index (χ3n) is 6.77. The fourth-order valence-corrected chi connectivity index (χ4v) is 6.01. The first kappa shape index (κ1) is 21.7. The highest BCUT2D eigenvalue weighted by atomic mass is 32.1. The minimum atomic E-state index is -0.246. The minimum Gasteiger partial charge on any atom is -0.291 e. The molecular weight excluding hydrogens is 475 g/mol. The molecule has 0 fully saturated rings. The number of aromatic nitrogens is 2. The topological polar surface area (TPSA) is 17.8 Å². The summed E-state index contributed by atoms with van der Waals surface area (Å²) >= 11 is 1.61. The Labute approximate surface area is 217 Å². The van der Waals surface area contributed by atoms with Gasteiger partial charge in [-0.2, -0.15) is 0 Å². The van der Waals surface area contributed by atoms with Gasteiger partial charge in [-0.15, -0.1) is 11.3 Å². The zero-order valence-electron chi connectivity index (χ0n) is 19.8. The molecule has 0 spiro atoms. The Bertz CT molecular complexity index is 1830. The second-order valence-corrected chi connectivity index (χ2v) is 9.89. The summed E-state index contributed by atoms with van der Waals surface area (Å²) in [6, 6.07) is 40.5. The Morgan fingerprint density at radius 2 is 1.27 bits per heavy atom. The molecule has 0 saturated carbocycles. The van der Waals surface area contributed by atoms with Crippen LogP contribution in [0.4, 0.5) is 4.39 Å². The van der Waals surface area contributed by atoms with E-state index in [0.717, 1.165) is 60.4 Å². The number of rotatable bonds is 4. The highest BCUT2D eigenvalue weighted by Crippen LogP contribution is 2.42. The van der Waals surface area contributed by atoms with Crippen molar-refractivity contribution in [3.63, 3.8) is 0 Å². The lowest BCUT2D eigenvalue weighted by Gasteiger charge is -2.19. The minimum absolute atomic E-state index is 0.246. The average molecular weight is 497 g/mol. The number of benzene rings is 5. The van der Waals surface area contributed by atoms with Crippen molar-refractivity contribution < 1.29 is 4.39 Å². The monoisotopic (exact) mass is 496 g/mol. The number of nitrogens with zero attached hydrogens (tertiary/aromatic N) is 2. The first-order valence-electron chi connectivity index (χ1n) is 12.2. The molecule has 2 aromatic heterocycles. The van der Waals surface area contributed by atoms with Gasteiger partial charge in [0.1, 0.15) is 11.6 Å². The summed E-state index contributed by atoms with van der Waals surface area (Å²) in [5.74, 6) is 0.558. The van der Waals surface area contributed by atoms with Crippen molar-refractivity contribution in [1.29, 1.82) is 0 Å². The molecule has 176 valence electrons. The van der Waals surface area contributed by atoms with E-state index in [9.17, 15) is 4.39 Å². The Morgan fingerprint density at radius 1 is 0.622 bits per heavy atom. The predicted octanol–water partition coefficient (Wildman–Crippen LogP) is 9.38. The largest absolute Gasteiger partial charge is 0.291 e. The fourth-order valence-electron chi connectivity index (χ4n) is 5.09. The molecule has 0 bridgehead atoms. The lowest BCUT2D eigenvalue weighted by Crippen LogP contribution is -2.03. The zero-order chi connectivity index (χ0) is 24.8. The molecule has 0 aliphatic heterocycles. The van der Waals surface area contributed by atoms with E-state index in [2.05, 4.69) is 82.7 Å². The van der Waals surface area contributed by atoms with E-state index in [0.29, 0.717) is 0 Å². The van der Waals surface area contributed by atoms with Crippen LogP contribution in [0, 0.1) is 5.82 Å². The number of hydrogen-bond donors (Lipinski definition) is 0. The maximum atomic E-state index is 14.4. The molecule has 0 atom stereocenters. The summed E-state index contributed by atoms with van der Waals surface area (Å²) in [7, 11) is 0. The number of hydrogen-bond acceptors (Lipinski definition) is 2. The smallest absolute Gasteiger partial charge is 0.147 e. The van der Waals surface area contributed by atoms with Crippen LogP contribution in [0.15, 0.2) is 127 Å². The van der Waals surface area contributed by atoms with E-state index >= 15 is 0 Å². The highest BCUT2D eigenvalue weighted by molar-refractivity contribution is 7.17. The molecule has 2 heterocycles. The summed E-state index contributed by atoms with van der Waals surface area (Å²) in [6.45, 7) is 0. The zero-order valence-corrected chi connectivity index (χ0v) is 20.6. The molecular formula is C33H21FN2S. The van der Waals surface area contributed by atoms with Crippen LogP contribution in [0.2, 0.25) is 0 Å². The van der Waals surface area contributed by atoms with Crippen LogP contribution in [0.3, 0.4) is 0 Å². The van der Waals surface area contributed by atoms with Crippen molar-refractivity contribution in [1.82, 2.24) is 9.55 Å². The third-order valence-corrected chi connectivity index (χ3v) is 7.73. The van der Waals surface area contributed by atoms with Crippen molar-refractivity contribution in [3.05, 3.63) is 133 Å². The second kappa shape index (κ2) is 8.84. The van der Waals surface area contributed by atoms with Crippen molar-refractivity contribution in [2.45, 2.75) is 0 Å². The van der Waals surface area contributed by atoms with E-state index in [1.165, 1.54) is 6.07 Å². The molecule has 0 aliphatic rings. The van der Waals surface area contributed by atoms with E-state index < -0.39 is 0 Å². The van der Waals surface area contributed by atoms with Gasteiger partial charge in [-0.1, -0.05) is 91.0 Å². The van der Waals surface area contributed by atoms with Crippen LogP contribution in [0.25, 0.3) is 60.4 Å². The van der Waals surface area contributed by atoms with Gasteiger partial charge in [0, 0.05) is 32.2 Å². The van der Waals surface area contributed by atoms with Crippen LogP contribution >= 0.6 is 11.3 Å². The van der Waals surface area contributed by atoms with Gasteiger partial charge in [-0.25, -0.2) is 9.37 Å². The molecule has 7 rings (SSSR count). The lowest BCUT2D eigenvalue weighted by molar-refractivity contribution is 0.630. The molecule has 7 aromatic rings. The predicted molar refractivity (Wildman–Crippen MR) is 153 cm³/mol. The van der Waals surface area contributed by atoms with E-state index in [1.54, 1.807) is 17.4 Å². The van der Waals surface area contributed by atoms with Gasteiger partial charge < -0.3 is 0 Å². The molecule has 0 radical (unpaired) electrons. The van der Waals surface area contributed by atoms with Crippen molar-refractivity contribution in [2.75, 3.05) is 0 Å². The number of para-hydroxylation sites is 3. The van der Waals surface area contributed by atoms with Crippen molar-refractivity contribution >= 4 is 32.5 Å². The Hall–Kier alpha value is -4.54. The number of halogens is 1. The summed E-state index contributed by atoms with van der Waals surface area (Å²) < 4.78 is 17.7. The molecule has 0 N–H and O–H groups in total. The molecule has 0 amide bonds. The van der Waals surface area contributed by atoms with Crippen LogP contribution in [0.5, 0.6) is 0 Å². The van der Waals surface area contributed by atoms with E-state index in [1.807, 2.05) is 36.4 Å². The maximum Gasteiger partial charge on any atom is 0.147 e. The van der Waals surface area contributed by atoms with Gasteiger partial charge in [0.15, 0.2) is 0 Å². The summed E-state index contributed by atoms with van der Waals surface area (Å²) in [4.78, 5) is 5.13. The van der Waals surface area contributed by atoms with Gasteiger partial charge >= 0.3 is 0 Å². The highest BCUT2D eigenvalue weighted by Gasteiger charge is 2.22. The quantitative estimate of drug-likeness (QED) is 0.237. The molecule has 0 unspecified atom stereocenters. The molecule has 0 aliphatic carbocycles. The number of fused-ring (bicyclic) bond motifs is 2. The number of imidazole rings is 1. The Balaban J connectivity index is 1.63. The van der Waals surface area contributed by atoms with Crippen molar-refractivity contribution in [3.8, 4) is 39.3 Å². The standard InChI is InChI=1S/C33H21FN2S/c34-24-18-19-31-27(20-24)28(21-37-31)33-35-29-16-7-8-17-30(29)36(33)32-25(22-10-3-1-4-11-22)14-9-15-26(32)23-12-5-2-6-13-23/h1-21H. The molecule has 4 heteroatoms. The van der Waals surface area contributed by atoms with Crippen LogP contribution in [-0.4, -0.2) is 9.55 Å². The van der Waals surface area contributed by atoms with Crippen LogP contribution in [-0.2, 0) is 0 Å². The van der Waals surface area contributed by atoms with E-state index in [-0.39, 0.29) is 5.82 Å². The Morgan fingerprint density at radius 3 is 1.97 bits per heavy atom. The molecule has 0 saturated heterocycles. The van der Waals surface area contributed by atoms with Gasteiger partial charge in [-0.3, -0.25) is 4.57 Å². The summed E-state index contributed by atoms with van der Waals surface area (Å²) in [5.41, 5.74) is 8.36. The Kier molecular flexibility index (Phi) is 5.19. The fraction of sp³-hybridized carbons (Fsp3) is 0. The molecule has 5 aromatic carbocycles. The summed E-state index contributed by atoms with van der Waals surface area (Å²) in [5, 5.41) is 2.97. The SMILES string of the molecule is Fc1ccc2scc(-c3nc4ccccc4n3-c3c(-c4ccccc4)cccc3-c3ccccc3)c2c1. The molecule has 2 nitrogen and oxygen atoms in total. The van der Waals surface area contributed by atoms with Gasteiger partial charge in [0.2, 0.25) is 0 Å². The first-order chi connectivity index (χ1) is 18.3.